The third-order valence-electron chi connectivity index (χ3n) is 3.39. The summed E-state index contributed by atoms with van der Waals surface area (Å²) in [6, 6.07) is 0.415. The molecule has 0 spiro atoms. The van der Waals surface area contributed by atoms with Crippen molar-refractivity contribution >= 4 is 10.0 Å². The van der Waals surface area contributed by atoms with Gasteiger partial charge in [-0.3, -0.25) is 0 Å². The molecule has 0 bridgehead atoms. The Morgan fingerprint density at radius 3 is 2.28 bits per heavy atom. The summed E-state index contributed by atoms with van der Waals surface area (Å²) in [6.45, 7) is 8.22. The molecule has 0 aromatic carbocycles. The molecular formula is C12H27N3O2S. The van der Waals surface area contributed by atoms with Crippen LogP contribution in [0, 0.1) is 0 Å². The van der Waals surface area contributed by atoms with Gasteiger partial charge in [-0.15, -0.1) is 0 Å². The smallest absolute Gasteiger partial charge is 0.215 e. The highest BCUT2D eigenvalue weighted by Crippen LogP contribution is 2.11. The molecule has 1 fully saturated rings. The Kier molecular flexibility index (Phi) is 6.04. The fraction of sp³-hybridized carbons (Fsp3) is 1.00. The van der Waals surface area contributed by atoms with E-state index in [2.05, 4.69) is 22.0 Å². The molecule has 1 atom stereocenters. The molecule has 0 amide bonds. The number of piperidine rings is 1. The fourth-order valence-corrected chi connectivity index (χ4v) is 3.23. The van der Waals surface area contributed by atoms with E-state index in [1.54, 1.807) is 6.92 Å². The third-order valence-corrected chi connectivity index (χ3v) is 5.28. The van der Waals surface area contributed by atoms with Gasteiger partial charge >= 0.3 is 0 Å². The molecule has 1 unspecified atom stereocenters. The van der Waals surface area contributed by atoms with E-state index < -0.39 is 10.0 Å². The zero-order chi connectivity index (χ0) is 13.8. The lowest BCUT2D eigenvalue weighted by molar-refractivity contribution is 0.248. The normalized spacial score (nSPS) is 21.4. The Labute approximate surface area is 111 Å². The second-order valence-corrected chi connectivity index (χ2v) is 7.74. The highest BCUT2D eigenvalue weighted by Gasteiger charge is 2.26. The van der Waals surface area contributed by atoms with Crippen LogP contribution in [0.15, 0.2) is 0 Å². The minimum atomic E-state index is -3.20. The van der Waals surface area contributed by atoms with Gasteiger partial charge in [-0.1, -0.05) is 13.8 Å². The number of nitrogens with zero attached hydrogens (tertiary/aromatic N) is 1. The molecular weight excluding hydrogens is 250 g/mol. The first-order valence-electron chi connectivity index (χ1n) is 6.74. The summed E-state index contributed by atoms with van der Waals surface area (Å²) in [5.74, 6) is 0. The maximum atomic E-state index is 12.1. The highest BCUT2D eigenvalue weighted by atomic mass is 32.2. The van der Waals surface area contributed by atoms with Crippen LogP contribution >= 0.6 is 0 Å². The van der Waals surface area contributed by atoms with Gasteiger partial charge in [0.25, 0.3) is 0 Å². The predicted molar refractivity (Wildman–Crippen MR) is 75.2 cm³/mol. The van der Waals surface area contributed by atoms with Gasteiger partial charge in [-0.2, -0.15) is 0 Å². The SMILES string of the molecule is CC(C)NCC(C)S(=O)(=O)NC1CCN(C)CC1. The number of hydrogen-bond acceptors (Lipinski definition) is 4. The van der Waals surface area contributed by atoms with Crippen molar-refractivity contribution in [2.24, 2.45) is 0 Å². The van der Waals surface area contributed by atoms with Crippen LogP contribution in [0.3, 0.4) is 0 Å². The lowest BCUT2D eigenvalue weighted by Crippen LogP contribution is -2.48. The molecule has 6 heteroatoms. The van der Waals surface area contributed by atoms with Crippen molar-refractivity contribution in [3.05, 3.63) is 0 Å². The first kappa shape index (κ1) is 15.9. The molecule has 108 valence electrons. The first-order chi connectivity index (χ1) is 8.31. The average Bonchev–Trinajstić information content (AvgIpc) is 2.28. The quantitative estimate of drug-likeness (QED) is 0.737. The molecule has 0 saturated carbocycles. The van der Waals surface area contributed by atoms with E-state index >= 15 is 0 Å². The molecule has 18 heavy (non-hydrogen) atoms. The van der Waals surface area contributed by atoms with E-state index in [4.69, 9.17) is 0 Å². The Bertz CT molecular complexity index is 335. The minimum absolute atomic E-state index is 0.104. The Morgan fingerprint density at radius 2 is 1.78 bits per heavy atom. The van der Waals surface area contributed by atoms with Gasteiger partial charge < -0.3 is 10.2 Å². The van der Waals surface area contributed by atoms with Gasteiger partial charge in [0.15, 0.2) is 0 Å². The Balaban J connectivity index is 2.43. The van der Waals surface area contributed by atoms with Crippen molar-refractivity contribution < 1.29 is 8.42 Å². The zero-order valence-electron chi connectivity index (χ0n) is 11.9. The third kappa shape index (κ3) is 5.22. The zero-order valence-corrected chi connectivity index (χ0v) is 12.8. The van der Waals surface area contributed by atoms with Crippen LogP contribution in [0.2, 0.25) is 0 Å². The molecule has 1 aliphatic rings. The van der Waals surface area contributed by atoms with Gasteiger partial charge in [0.05, 0.1) is 5.25 Å². The van der Waals surface area contributed by atoms with Crippen molar-refractivity contribution in [3.63, 3.8) is 0 Å². The Hall–Kier alpha value is -0.170. The van der Waals surface area contributed by atoms with Gasteiger partial charge in [0.2, 0.25) is 10.0 Å². The molecule has 0 aromatic heterocycles. The molecule has 5 nitrogen and oxygen atoms in total. The summed E-state index contributed by atoms with van der Waals surface area (Å²) in [4.78, 5) is 2.23. The van der Waals surface area contributed by atoms with E-state index in [-0.39, 0.29) is 11.3 Å². The molecule has 0 aromatic rings. The van der Waals surface area contributed by atoms with Crippen LogP contribution in [0.5, 0.6) is 0 Å². The van der Waals surface area contributed by atoms with Crippen molar-refractivity contribution in [1.82, 2.24) is 14.9 Å². The van der Waals surface area contributed by atoms with Crippen LogP contribution < -0.4 is 10.0 Å². The number of rotatable bonds is 6. The van der Waals surface area contributed by atoms with Crippen LogP contribution in [0.4, 0.5) is 0 Å². The maximum absolute atomic E-state index is 12.1. The van der Waals surface area contributed by atoms with Crippen LogP contribution in [-0.4, -0.2) is 57.3 Å². The summed E-state index contributed by atoms with van der Waals surface area (Å²) in [5.41, 5.74) is 0. The fourth-order valence-electron chi connectivity index (χ4n) is 1.99. The van der Waals surface area contributed by atoms with E-state index in [0.29, 0.717) is 12.6 Å². The molecule has 0 aliphatic carbocycles. The van der Waals surface area contributed by atoms with Gasteiger partial charge in [-0.25, -0.2) is 13.1 Å². The minimum Gasteiger partial charge on any atom is -0.313 e. The standard InChI is InChI=1S/C12H27N3O2S/c1-10(2)13-9-11(3)18(16,17)14-12-5-7-15(4)8-6-12/h10-14H,5-9H2,1-4H3. The second kappa shape index (κ2) is 6.84. The molecule has 1 saturated heterocycles. The largest absolute Gasteiger partial charge is 0.313 e. The summed E-state index contributed by atoms with van der Waals surface area (Å²) in [6.07, 6.45) is 1.81. The van der Waals surface area contributed by atoms with Crippen LogP contribution in [-0.2, 0) is 10.0 Å². The van der Waals surface area contributed by atoms with Crippen molar-refractivity contribution in [1.29, 1.82) is 0 Å². The summed E-state index contributed by atoms with van der Waals surface area (Å²) in [5, 5.41) is 2.78. The van der Waals surface area contributed by atoms with Gasteiger partial charge in [-0.05, 0) is 39.9 Å². The van der Waals surface area contributed by atoms with E-state index in [9.17, 15) is 8.42 Å². The molecule has 1 aliphatic heterocycles. The Morgan fingerprint density at radius 1 is 1.22 bits per heavy atom. The molecule has 0 radical (unpaired) electrons. The van der Waals surface area contributed by atoms with Crippen molar-refractivity contribution in [2.45, 2.75) is 50.9 Å². The lowest BCUT2D eigenvalue weighted by Gasteiger charge is -2.30. The van der Waals surface area contributed by atoms with E-state index in [1.807, 2.05) is 13.8 Å². The van der Waals surface area contributed by atoms with Crippen molar-refractivity contribution in [3.8, 4) is 0 Å². The number of hydrogen-bond donors (Lipinski definition) is 2. The number of nitrogens with one attached hydrogen (secondary N) is 2. The van der Waals surface area contributed by atoms with Crippen LogP contribution in [0.25, 0.3) is 0 Å². The highest BCUT2D eigenvalue weighted by molar-refractivity contribution is 7.90. The van der Waals surface area contributed by atoms with Crippen molar-refractivity contribution in [2.75, 3.05) is 26.7 Å². The van der Waals surface area contributed by atoms with Gasteiger partial charge in [0, 0.05) is 18.6 Å². The summed E-state index contributed by atoms with van der Waals surface area (Å²) < 4.78 is 27.1. The summed E-state index contributed by atoms with van der Waals surface area (Å²) >= 11 is 0. The monoisotopic (exact) mass is 277 g/mol. The molecule has 2 N–H and O–H groups in total. The topological polar surface area (TPSA) is 61.4 Å². The van der Waals surface area contributed by atoms with E-state index in [1.165, 1.54) is 0 Å². The maximum Gasteiger partial charge on any atom is 0.215 e. The summed E-state index contributed by atoms with van der Waals surface area (Å²) in [7, 11) is -1.13. The number of likely N-dealkylation sites (tertiary alicyclic amines) is 1. The average molecular weight is 277 g/mol. The molecule has 1 rings (SSSR count). The molecule has 1 heterocycles. The van der Waals surface area contributed by atoms with Gasteiger partial charge in [0.1, 0.15) is 0 Å². The number of sulfonamides is 1. The lowest BCUT2D eigenvalue weighted by atomic mass is 10.1. The predicted octanol–water partition coefficient (Wildman–Crippen LogP) is 0.387. The first-order valence-corrected chi connectivity index (χ1v) is 8.29. The van der Waals surface area contributed by atoms with E-state index in [0.717, 1.165) is 25.9 Å². The second-order valence-electron chi connectivity index (χ2n) is 5.61. The van der Waals surface area contributed by atoms with Crippen LogP contribution in [0.1, 0.15) is 33.6 Å².